The van der Waals surface area contributed by atoms with Crippen LogP contribution in [0.15, 0.2) is 69.8 Å². The Morgan fingerprint density at radius 1 is 1.00 bits per heavy atom. The summed E-state index contributed by atoms with van der Waals surface area (Å²) in [6.45, 7) is 0.962. The van der Waals surface area contributed by atoms with E-state index < -0.39 is 0 Å². The highest BCUT2D eigenvalue weighted by Crippen LogP contribution is 2.17. The van der Waals surface area contributed by atoms with Gasteiger partial charge in [0.1, 0.15) is 0 Å². The van der Waals surface area contributed by atoms with Gasteiger partial charge < -0.3 is 19.8 Å². The van der Waals surface area contributed by atoms with E-state index in [-0.39, 0.29) is 17.6 Å². The highest BCUT2D eigenvalue weighted by atomic mass is 79.9. The second kappa shape index (κ2) is 9.34. The summed E-state index contributed by atoms with van der Waals surface area (Å²) in [6, 6.07) is 17.8. The summed E-state index contributed by atoms with van der Waals surface area (Å²) >= 11 is 3.16. The molecule has 3 aromatic rings. The van der Waals surface area contributed by atoms with Crippen LogP contribution in [0.3, 0.4) is 0 Å². The normalized spacial score (nSPS) is 10.5. The fourth-order valence-corrected chi connectivity index (χ4v) is 2.88. The lowest BCUT2D eigenvalue weighted by molar-refractivity contribution is 0.0949. The fourth-order valence-electron chi connectivity index (χ4n) is 2.57. The molecule has 0 unspecified atom stereocenters. The topological polar surface area (TPSA) is 80.6 Å². The third-order valence-corrected chi connectivity index (χ3v) is 4.39. The molecule has 0 radical (unpaired) electrons. The van der Waals surface area contributed by atoms with Crippen molar-refractivity contribution in [3.8, 4) is 0 Å². The van der Waals surface area contributed by atoms with E-state index in [1.807, 2.05) is 24.3 Å². The third-order valence-electron chi connectivity index (χ3n) is 3.97. The van der Waals surface area contributed by atoms with Crippen LogP contribution in [0.4, 0.5) is 5.69 Å². The number of rotatable bonds is 7. The summed E-state index contributed by atoms with van der Waals surface area (Å²) in [4.78, 5) is 24.6. The zero-order chi connectivity index (χ0) is 19.9. The molecule has 2 amide bonds. The SMILES string of the molecule is COCc1ccc(CNC(=O)c2cccc(NC(=O)c3ccc(Br)o3)c2)cc1. The van der Waals surface area contributed by atoms with Gasteiger partial charge in [0.2, 0.25) is 0 Å². The molecule has 0 saturated carbocycles. The van der Waals surface area contributed by atoms with E-state index >= 15 is 0 Å². The number of furan rings is 1. The zero-order valence-corrected chi connectivity index (χ0v) is 16.8. The second-order valence-corrected chi connectivity index (χ2v) is 6.85. The van der Waals surface area contributed by atoms with E-state index in [2.05, 4.69) is 26.6 Å². The predicted molar refractivity (Wildman–Crippen MR) is 109 cm³/mol. The lowest BCUT2D eigenvalue weighted by Gasteiger charge is -2.08. The number of carbonyl (C=O) groups is 2. The van der Waals surface area contributed by atoms with Gasteiger partial charge in [-0.15, -0.1) is 0 Å². The Bertz CT molecular complexity index is 967. The largest absolute Gasteiger partial charge is 0.444 e. The van der Waals surface area contributed by atoms with Crippen LogP contribution >= 0.6 is 15.9 Å². The van der Waals surface area contributed by atoms with Gasteiger partial charge in [-0.1, -0.05) is 30.3 Å². The van der Waals surface area contributed by atoms with Crippen molar-refractivity contribution in [3.63, 3.8) is 0 Å². The molecule has 0 aliphatic rings. The summed E-state index contributed by atoms with van der Waals surface area (Å²) in [5.41, 5.74) is 3.02. The number of hydrogen-bond acceptors (Lipinski definition) is 4. The maximum absolute atomic E-state index is 12.4. The van der Waals surface area contributed by atoms with Gasteiger partial charge in [0.15, 0.2) is 10.4 Å². The number of halogens is 1. The van der Waals surface area contributed by atoms with Crippen molar-refractivity contribution in [2.75, 3.05) is 12.4 Å². The van der Waals surface area contributed by atoms with E-state index in [0.717, 1.165) is 11.1 Å². The molecular formula is C21H19BrN2O4. The quantitative estimate of drug-likeness (QED) is 0.569. The number of anilines is 1. The molecule has 1 aromatic heterocycles. The Labute approximate surface area is 171 Å². The maximum atomic E-state index is 12.4. The second-order valence-electron chi connectivity index (χ2n) is 6.07. The predicted octanol–water partition coefficient (Wildman–Crippen LogP) is 4.37. The lowest BCUT2D eigenvalue weighted by Crippen LogP contribution is -2.23. The summed E-state index contributed by atoms with van der Waals surface area (Å²) in [7, 11) is 1.65. The molecule has 0 atom stereocenters. The molecular weight excluding hydrogens is 424 g/mol. The Morgan fingerprint density at radius 2 is 1.75 bits per heavy atom. The molecule has 0 bridgehead atoms. The van der Waals surface area contributed by atoms with Crippen LogP contribution < -0.4 is 10.6 Å². The molecule has 0 saturated heterocycles. The molecule has 0 aliphatic heterocycles. The van der Waals surface area contributed by atoms with Crippen molar-refractivity contribution in [2.45, 2.75) is 13.2 Å². The Balaban J connectivity index is 1.59. The van der Waals surface area contributed by atoms with E-state index in [1.54, 1.807) is 43.5 Å². The van der Waals surface area contributed by atoms with Gasteiger partial charge in [0, 0.05) is 24.9 Å². The highest BCUT2D eigenvalue weighted by molar-refractivity contribution is 9.10. The molecule has 28 heavy (non-hydrogen) atoms. The number of ether oxygens (including phenoxy) is 1. The van der Waals surface area contributed by atoms with E-state index in [0.29, 0.717) is 29.1 Å². The van der Waals surface area contributed by atoms with Gasteiger partial charge in [-0.25, -0.2) is 0 Å². The molecule has 2 N–H and O–H groups in total. The van der Waals surface area contributed by atoms with Crippen molar-refractivity contribution in [1.82, 2.24) is 5.32 Å². The summed E-state index contributed by atoms with van der Waals surface area (Å²) in [5, 5.41) is 5.59. The van der Waals surface area contributed by atoms with E-state index in [9.17, 15) is 9.59 Å². The first-order valence-electron chi connectivity index (χ1n) is 8.57. The van der Waals surface area contributed by atoms with Crippen molar-refractivity contribution in [1.29, 1.82) is 0 Å². The van der Waals surface area contributed by atoms with Crippen LogP contribution in [0.1, 0.15) is 32.0 Å². The van der Waals surface area contributed by atoms with Crippen LogP contribution in [0.25, 0.3) is 0 Å². The van der Waals surface area contributed by atoms with Gasteiger partial charge in [0.25, 0.3) is 11.8 Å². The standard InChI is InChI=1S/C21H19BrN2O4/c1-27-13-15-7-5-14(6-8-15)12-23-20(25)16-3-2-4-17(11-16)24-21(26)18-9-10-19(22)28-18/h2-11H,12-13H2,1H3,(H,23,25)(H,24,26). The minimum absolute atomic E-state index is 0.179. The number of nitrogens with one attached hydrogen (secondary N) is 2. The molecule has 144 valence electrons. The average Bonchev–Trinajstić information content (AvgIpc) is 3.14. The number of methoxy groups -OCH3 is 1. The fraction of sp³-hybridized carbons (Fsp3) is 0.143. The smallest absolute Gasteiger partial charge is 0.291 e. The molecule has 2 aromatic carbocycles. The summed E-state index contributed by atoms with van der Waals surface area (Å²) < 4.78 is 10.8. The van der Waals surface area contributed by atoms with Crippen LogP contribution in [0.2, 0.25) is 0 Å². The van der Waals surface area contributed by atoms with E-state index in [1.165, 1.54) is 0 Å². The first-order valence-corrected chi connectivity index (χ1v) is 9.36. The third kappa shape index (κ3) is 5.31. The van der Waals surface area contributed by atoms with Gasteiger partial charge >= 0.3 is 0 Å². The molecule has 0 aliphatic carbocycles. The van der Waals surface area contributed by atoms with Crippen LogP contribution in [0, 0.1) is 0 Å². The molecule has 0 fully saturated rings. The first-order chi connectivity index (χ1) is 13.5. The molecule has 7 heteroatoms. The number of carbonyl (C=O) groups excluding carboxylic acids is 2. The molecule has 0 spiro atoms. The lowest BCUT2D eigenvalue weighted by atomic mass is 10.1. The molecule has 3 rings (SSSR count). The summed E-state index contributed by atoms with van der Waals surface area (Å²) in [6.07, 6.45) is 0. The summed E-state index contributed by atoms with van der Waals surface area (Å²) in [5.74, 6) is -0.434. The number of hydrogen-bond donors (Lipinski definition) is 2. The van der Waals surface area contributed by atoms with Crippen molar-refractivity contribution in [3.05, 3.63) is 87.8 Å². The Kier molecular flexibility index (Phi) is 6.62. The highest BCUT2D eigenvalue weighted by Gasteiger charge is 2.12. The van der Waals surface area contributed by atoms with Crippen molar-refractivity contribution in [2.24, 2.45) is 0 Å². The maximum Gasteiger partial charge on any atom is 0.291 e. The molecule has 6 nitrogen and oxygen atoms in total. The molecule has 1 heterocycles. The van der Waals surface area contributed by atoms with Gasteiger partial charge in [-0.3, -0.25) is 9.59 Å². The first kappa shape index (κ1) is 19.9. The van der Waals surface area contributed by atoms with Gasteiger partial charge in [0.05, 0.1) is 6.61 Å². The average molecular weight is 443 g/mol. The van der Waals surface area contributed by atoms with Gasteiger partial charge in [-0.2, -0.15) is 0 Å². The minimum atomic E-state index is -0.389. The Hall–Kier alpha value is -2.90. The monoisotopic (exact) mass is 442 g/mol. The van der Waals surface area contributed by atoms with Crippen LogP contribution in [0.5, 0.6) is 0 Å². The van der Waals surface area contributed by atoms with Gasteiger partial charge in [-0.05, 0) is 57.4 Å². The number of benzene rings is 2. The van der Waals surface area contributed by atoms with Crippen LogP contribution in [-0.4, -0.2) is 18.9 Å². The minimum Gasteiger partial charge on any atom is -0.444 e. The zero-order valence-electron chi connectivity index (χ0n) is 15.2. The van der Waals surface area contributed by atoms with Crippen molar-refractivity contribution < 1.29 is 18.7 Å². The number of amides is 2. The van der Waals surface area contributed by atoms with E-state index in [4.69, 9.17) is 9.15 Å². The van der Waals surface area contributed by atoms with Crippen LogP contribution in [-0.2, 0) is 17.9 Å². The van der Waals surface area contributed by atoms with Crippen molar-refractivity contribution >= 4 is 33.4 Å². The Morgan fingerprint density at radius 3 is 2.43 bits per heavy atom.